The number of hydrogen-bond acceptors (Lipinski definition) is 3. The molecule has 0 spiro atoms. The molecule has 3 aromatic rings. The van der Waals surface area contributed by atoms with Crippen LogP contribution in [0, 0.1) is 0 Å². The minimum Gasteiger partial charge on any atom is -0.353 e. The lowest BCUT2D eigenvalue weighted by atomic mass is 10.1. The molecule has 0 fully saturated rings. The first-order valence-electron chi connectivity index (χ1n) is 8.45. The molecule has 2 amide bonds. The maximum absolute atomic E-state index is 12.5. The van der Waals surface area contributed by atoms with Crippen molar-refractivity contribution in [3.05, 3.63) is 88.4 Å². The summed E-state index contributed by atoms with van der Waals surface area (Å²) in [7, 11) is 0. The van der Waals surface area contributed by atoms with Crippen molar-refractivity contribution in [1.29, 1.82) is 0 Å². The maximum Gasteiger partial charge on any atom is 0.257 e. The van der Waals surface area contributed by atoms with Crippen LogP contribution in [0.4, 0.5) is 17.1 Å². The van der Waals surface area contributed by atoms with Crippen LogP contribution < -0.4 is 16.0 Å². The van der Waals surface area contributed by atoms with Gasteiger partial charge in [0.2, 0.25) is 0 Å². The van der Waals surface area contributed by atoms with Crippen molar-refractivity contribution in [1.82, 2.24) is 5.32 Å². The van der Waals surface area contributed by atoms with Gasteiger partial charge in [-0.25, -0.2) is 0 Å². The summed E-state index contributed by atoms with van der Waals surface area (Å²) >= 11 is 6.12. The Kier molecular flexibility index (Phi) is 4.52. The van der Waals surface area contributed by atoms with Gasteiger partial charge in [0.15, 0.2) is 0 Å². The number of para-hydroxylation sites is 1. The summed E-state index contributed by atoms with van der Waals surface area (Å²) in [5.41, 5.74) is 3.86. The SMILES string of the molecule is O=C(NCc1ccccc1Cl)c1ccc2c(c1)NC(=O)c1ccccc1N2. The Bertz CT molecular complexity index is 1050. The predicted molar refractivity (Wildman–Crippen MR) is 107 cm³/mol. The maximum atomic E-state index is 12.5. The normalized spacial score (nSPS) is 12.1. The number of amides is 2. The summed E-state index contributed by atoms with van der Waals surface area (Å²) < 4.78 is 0. The van der Waals surface area contributed by atoms with Gasteiger partial charge in [-0.1, -0.05) is 41.9 Å². The van der Waals surface area contributed by atoms with Crippen LogP contribution in [-0.2, 0) is 6.54 Å². The van der Waals surface area contributed by atoms with Crippen LogP contribution in [0.2, 0.25) is 5.02 Å². The molecule has 1 heterocycles. The zero-order valence-corrected chi connectivity index (χ0v) is 15.0. The fraction of sp³-hybridized carbons (Fsp3) is 0.0476. The van der Waals surface area contributed by atoms with E-state index < -0.39 is 0 Å². The lowest BCUT2D eigenvalue weighted by molar-refractivity contribution is 0.0949. The molecular formula is C21H16ClN3O2. The molecule has 0 saturated heterocycles. The highest BCUT2D eigenvalue weighted by Crippen LogP contribution is 2.32. The minimum absolute atomic E-state index is 0.217. The van der Waals surface area contributed by atoms with Gasteiger partial charge < -0.3 is 16.0 Å². The number of anilines is 3. The average Bonchev–Trinajstić information content (AvgIpc) is 2.82. The second kappa shape index (κ2) is 7.13. The van der Waals surface area contributed by atoms with Gasteiger partial charge in [0, 0.05) is 17.1 Å². The van der Waals surface area contributed by atoms with Crippen LogP contribution in [0.1, 0.15) is 26.3 Å². The van der Waals surface area contributed by atoms with Crippen molar-refractivity contribution >= 4 is 40.5 Å². The van der Waals surface area contributed by atoms with Gasteiger partial charge in [-0.15, -0.1) is 0 Å². The molecule has 0 bridgehead atoms. The Morgan fingerprint density at radius 2 is 1.67 bits per heavy atom. The van der Waals surface area contributed by atoms with Crippen molar-refractivity contribution in [2.75, 3.05) is 10.6 Å². The van der Waals surface area contributed by atoms with Gasteiger partial charge in [0.1, 0.15) is 0 Å². The van der Waals surface area contributed by atoms with E-state index in [4.69, 9.17) is 11.6 Å². The highest BCUT2D eigenvalue weighted by molar-refractivity contribution is 6.31. The number of rotatable bonds is 3. The number of nitrogens with one attached hydrogen (secondary N) is 3. The topological polar surface area (TPSA) is 70.2 Å². The van der Waals surface area contributed by atoms with Gasteiger partial charge in [-0.05, 0) is 42.0 Å². The predicted octanol–water partition coefficient (Wildman–Crippen LogP) is 4.58. The van der Waals surface area contributed by atoms with E-state index in [1.807, 2.05) is 36.4 Å². The second-order valence-electron chi connectivity index (χ2n) is 6.16. The molecule has 0 radical (unpaired) electrons. The number of benzene rings is 3. The smallest absolute Gasteiger partial charge is 0.257 e. The van der Waals surface area contributed by atoms with Crippen LogP contribution in [0.15, 0.2) is 66.7 Å². The van der Waals surface area contributed by atoms with E-state index in [0.29, 0.717) is 28.4 Å². The first kappa shape index (κ1) is 17.1. The molecule has 0 atom stereocenters. The second-order valence-corrected chi connectivity index (χ2v) is 6.57. The van der Waals surface area contributed by atoms with Crippen molar-refractivity contribution in [2.45, 2.75) is 6.54 Å². The summed E-state index contributed by atoms with van der Waals surface area (Å²) in [6.07, 6.45) is 0. The molecular weight excluding hydrogens is 362 g/mol. The molecule has 0 saturated carbocycles. The van der Waals surface area contributed by atoms with Crippen molar-refractivity contribution in [3.63, 3.8) is 0 Å². The quantitative estimate of drug-likeness (QED) is 0.625. The third kappa shape index (κ3) is 3.50. The van der Waals surface area contributed by atoms with Gasteiger partial charge in [0.05, 0.1) is 22.6 Å². The minimum atomic E-state index is -0.242. The molecule has 1 aliphatic rings. The number of halogens is 1. The van der Waals surface area contributed by atoms with E-state index in [9.17, 15) is 9.59 Å². The summed E-state index contributed by atoms with van der Waals surface area (Å²) in [6, 6.07) is 19.8. The fourth-order valence-electron chi connectivity index (χ4n) is 2.94. The molecule has 0 aliphatic carbocycles. The summed E-state index contributed by atoms with van der Waals surface area (Å²) in [5.74, 6) is -0.459. The first-order chi connectivity index (χ1) is 13.1. The first-order valence-corrected chi connectivity index (χ1v) is 8.83. The summed E-state index contributed by atoms with van der Waals surface area (Å²) in [6.45, 7) is 0.325. The van der Waals surface area contributed by atoms with E-state index in [-0.39, 0.29) is 11.8 Å². The molecule has 134 valence electrons. The molecule has 0 unspecified atom stereocenters. The summed E-state index contributed by atoms with van der Waals surface area (Å²) in [5, 5.41) is 9.54. The van der Waals surface area contributed by atoms with E-state index in [1.54, 1.807) is 30.3 Å². The Morgan fingerprint density at radius 1 is 0.889 bits per heavy atom. The third-order valence-electron chi connectivity index (χ3n) is 4.37. The van der Waals surface area contributed by atoms with E-state index in [1.165, 1.54) is 0 Å². The van der Waals surface area contributed by atoms with Crippen LogP contribution in [-0.4, -0.2) is 11.8 Å². The van der Waals surface area contributed by atoms with Crippen molar-refractivity contribution in [2.24, 2.45) is 0 Å². The molecule has 1 aliphatic heterocycles. The highest BCUT2D eigenvalue weighted by atomic mass is 35.5. The fourth-order valence-corrected chi connectivity index (χ4v) is 3.14. The Labute approximate surface area is 161 Å². The number of carbonyl (C=O) groups excluding carboxylic acids is 2. The number of fused-ring (bicyclic) bond motifs is 2. The lowest BCUT2D eigenvalue weighted by Gasteiger charge is -2.11. The Hall–Kier alpha value is -3.31. The largest absolute Gasteiger partial charge is 0.353 e. The molecule has 3 N–H and O–H groups in total. The van der Waals surface area contributed by atoms with Gasteiger partial charge in [0.25, 0.3) is 11.8 Å². The molecule has 4 rings (SSSR count). The van der Waals surface area contributed by atoms with Crippen molar-refractivity contribution in [3.8, 4) is 0 Å². The zero-order chi connectivity index (χ0) is 18.8. The summed E-state index contributed by atoms with van der Waals surface area (Å²) in [4.78, 5) is 24.9. The van der Waals surface area contributed by atoms with E-state index >= 15 is 0 Å². The van der Waals surface area contributed by atoms with Crippen LogP contribution >= 0.6 is 11.6 Å². The Balaban J connectivity index is 1.55. The molecule has 3 aromatic carbocycles. The molecule has 5 nitrogen and oxygen atoms in total. The third-order valence-corrected chi connectivity index (χ3v) is 4.74. The van der Waals surface area contributed by atoms with Crippen LogP contribution in [0.25, 0.3) is 0 Å². The van der Waals surface area contributed by atoms with Gasteiger partial charge in [-0.3, -0.25) is 9.59 Å². The van der Waals surface area contributed by atoms with Crippen molar-refractivity contribution < 1.29 is 9.59 Å². The van der Waals surface area contributed by atoms with Crippen LogP contribution in [0.5, 0.6) is 0 Å². The molecule has 27 heavy (non-hydrogen) atoms. The molecule has 6 heteroatoms. The molecule has 0 aromatic heterocycles. The monoisotopic (exact) mass is 377 g/mol. The average molecular weight is 378 g/mol. The number of hydrogen-bond donors (Lipinski definition) is 3. The standard InChI is InChI=1S/C21H16ClN3O2/c22-16-7-3-1-5-14(16)12-23-20(26)13-9-10-18-19(11-13)25-21(27)15-6-2-4-8-17(15)24-18/h1-11,24H,12H2,(H,23,26)(H,25,27). The highest BCUT2D eigenvalue weighted by Gasteiger charge is 2.19. The zero-order valence-electron chi connectivity index (χ0n) is 14.3. The lowest BCUT2D eigenvalue weighted by Crippen LogP contribution is -2.23. The Morgan fingerprint density at radius 3 is 2.52 bits per heavy atom. The number of carbonyl (C=O) groups is 2. The van der Waals surface area contributed by atoms with E-state index in [0.717, 1.165) is 16.9 Å². The van der Waals surface area contributed by atoms with Crippen LogP contribution in [0.3, 0.4) is 0 Å². The van der Waals surface area contributed by atoms with Gasteiger partial charge in [-0.2, -0.15) is 0 Å². The van der Waals surface area contributed by atoms with Gasteiger partial charge >= 0.3 is 0 Å². The van der Waals surface area contributed by atoms with E-state index in [2.05, 4.69) is 16.0 Å².